The van der Waals surface area contributed by atoms with Crippen LogP contribution in [0, 0.1) is 0 Å². The lowest BCUT2D eigenvalue weighted by Crippen LogP contribution is -2.30. The number of hydrogen-bond acceptors (Lipinski definition) is 6. The number of nitrogens with zero attached hydrogens (tertiary/aromatic N) is 7. The van der Waals surface area contributed by atoms with E-state index < -0.39 is 5.97 Å². The van der Waals surface area contributed by atoms with Crippen molar-refractivity contribution >= 4 is 11.9 Å². The second kappa shape index (κ2) is 7.59. The molecule has 1 aliphatic rings. The zero-order valence-electron chi connectivity index (χ0n) is 15.1. The molecule has 2 aromatic heterocycles. The lowest BCUT2D eigenvalue weighted by atomic mass is 10.1. The Morgan fingerprint density at radius 1 is 1.14 bits per heavy atom. The van der Waals surface area contributed by atoms with E-state index in [1.807, 2.05) is 10.7 Å². The average molecular weight is 381 g/mol. The molecule has 1 N–H and O–H groups in total. The van der Waals surface area contributed by atoms with Crippen LogP contribution in [0.1, 0.15) is 34.6 Å². The summed E-state index contributed by atoms with van der Waals surface area (Å²) in [4.78, 5) is 25.5. The molecule has 0 saturated heterocycles. The Morgan fingerprint density at radius 2 is 1.96 bits per heavy atom. The van der Waals surface area contributed by atoms with E-state index in [9.17, 15) is 9.59 Å². The monoisotopic (exact) mass is 381 g/mol. The Kier molecular flexibility index (Phi) is 4.83. The van der Waals surface area contributed by atoms with Crippen LogP contribution >= 0.6 is 0 Å². The maximum atomic E-state index is 13.0. The average Bonchev–Trinajstić information content (AvgIpc) is 3.32. The molecule has 144 valence electrons. The number of aliphatic carboxylic acids is 1. The van der Waals surface area contributed by atoms with Crippen molar-refractivity contribution in [3.8, 4) is 5.69 Å². The minimum atomic E-state index is -0.842. The van der Waals surface area contributed by atoms with Crippen LogP contribution in [0.4, 0.5) is 0 Å². The van der Waals surface area contributed by atoms with E-state index in [1.54, 1.807) is 29.2 Å². The van der Waals surface area contributed by atoms with Gasteiger partial charge in [0.1, 0.15) is 6.33 Å². The highest BCUT2D eigenvalue weighted by Gasteiger charge is 2.22. The normalized spacial score (nSPS) is 13.8. The van der Waals surface area contributed by atoms with E-state index in [4.69, 9.17) is 5.11 Å². The molecule has 10 nitrogen and oxygen atoms in total. The van der Waals surface area contributed by atoms with Crippen LogP contribution in [-0.2, 0) is 24.3 Å². The number of rotatable bonds is 5. The molecule has 0 saturated carbocycles. The first-order valence-electron chi connectivity index (χ1n) is 9.00. The molecule has 3 aromatic rings. The van der Waals surface area contributed by atoms with Gasteiger partial charge < -0.3 is 10.0 Å². The largest absolute Gasteiger partial charge is 0.481 e. The molecule has 0 fully saturated rings. The third-order valence-electron chi connectivity index (χ3n) is 4.67. The van der Waals surface area contributed by atoms with Crippen molar-refractivity contribution in [1.82, 2.24) is 34.9 Å². The number of amides is 1. The highest BCUT2D eigenvalue weighted by molar-refractivity contribution is 5.94. The van der Waals surface area contributed by atoms with Crippen molar-refractivity contribution in [2.75, 3.05) is 6.54 Å². The van der Waals surface area contributed by atoms with Gasteiger partial charge >= 0.3 is 5.97 Å². The number of carbonyl (C=O) groups is 2. The number of tetrazole rings is 1. The molecular formula is C18H19N7O3. The van der Waals surface area contributed by atoms with E-state index >= 15 is 0 Å². The summed E-state index contributed by atoms with van der Waals surface area (Å²) >= 11 is 0. The molecule has 1 aliphatic heterocycles. The fourth-order valence-electron chi connectivity index (χ4n) is 3.27. The fourth-order valence-corrected chi connectivity index (χ4v) is 3.27. The van der Waals surface area contributed by atoms with Gasteiger partial charge in [0.2, 0.25) is 0 Å². The van der Waals surface area contributed by atoms with Crippen molar-refractivity contribution in [1.29, 1.82) is 0 Å². The van der Waals surface area contributed by atoms with Crippen molar-refractivity contribution in [3.05, 3.63) is 53.6 Å². The molecule has 3 heterocycles. The predicted octanol–water partition coefficient (Wildman–Crippen LogP) is 0.922. The predicted molar refractivity (Wildman–Crippen MR) is 96.7 cm³/mol. The van der Waals surface area contributed by atoms with Crippen molar-refractivity contribution < 1.29 is 14.7 Å². The van der Waals surface area contributed by atoms with Crippen molar-refractivity contribution in [2.45, 2.75) is 32.4 Å². The first kappa shape index (κ1) is 17.8. The van der Waals surface area contributed by atoms with Crippen LogP contribution in [0.5, 0.6) is 0 Å². The fraction of sp³-hybridized carbons (Fsp3) is 0.333. The lowest BCUT2D eigenvalue weighted by molar-refractivity contribution is -0.136. The molecule has 0 aliphatic carbocycles. The number of hydrogen-bond donors (Lipinski definition) is 1. The first-order valence-corrected chi connectivity index (χ1v) is 9.00. The van der Waals surface area contributed by atoms with Crippen LogP contribution in [0.3, 0.4) is 0 Å². The SMILES string of the molecule is O=C(O)CCc1cc2n(n1)CCCN(C(=O)c1ccc(-n3cnnn3)cc1)C2. The number of carboxylic acid groups (broad SMARTS) is 1. The van der Waals surface area contributed by atoms with Gasteiger partial charge in [0.05, 0.1) is 30.0 Å². The van der Waals surface area contributed by atoms with Gasteiger partial charge in [-0.2, -0.15) is 5.10 Å². The molecule has 1 amide bonds. The summed E-state index contributed by atoms with van der Waals surface area (Å²) in [7, 11) is 0. The smallest absolute Gasteiger partial charge is 0.303 e. The van der Waals surface area contributed by atoms with Crippen LogP contribution in [0.15, 0.2) is 36.7 Å². The molecule has 0 atom stereocenters. The summed E-state index contributed by atoms with van der Waals surface area (Å²) in [5, 5.41) is 24.4. The number of aromatic nitrogens is 6. The maximum absolute atomic E-state index is 13.0. The number of benzene rings is 1. The second-order valence-corrected chi connectivity index (χ2v) is 6.63. The summed E-state index contributed by atoms with van der Waals surface area (Å²) in [6.45, 7) is 1.81. The summed E-state index contributed by atoms with van der Waals surface area (Å²) in [5.74, 6) is -0.893. The molecule has 0 bridgehead atoms. The van der Waals surface area contributed by atoms with E-state index in [1.165, 1.54) is 11.0 Å². The van der Waals surface area contributed by atoms with Gasteiger partial charge in [-0.25, -0.2) is 4.68 Å². The Labute approximate surface area is 160 Å². The van der Waals surface area contributed by atoms with Crippen LogP contribution in [-0.4, -0.2) is 58.4 Å². The van der Waals surface area contributed by atoms with Gasteiger partial charge in [-0.15, -0.1) is 5.10 Å². The zero-order chi connectivity index (χ0) is 19.5. The molecule has 0 radical (unpaired) electrons. The van der Waals surface area contributed by atoms with Crippen molar-refractivity contribution in [3.63, 3.8) is 0 Å². The van der Waals surface area contributed by atoms with Crippen LogP contribution in [0.2, 0.25) is 0 Å². The molecule has 0 spiro atoms. The van der Waals surface area contributed by atoms with Crippen LogP contribution < -0.4 is 0 Å². The van der Waals surface area contributed by atoms with Gasteiger partial charge in [-0.3, -0.25) is 14.3 Å². The zero-order valence-corrected chi connectivity index (χ0v) is 15.1. The molecule has 1 aromatic carbocycles. The van der Waals surface area contributed by atoms with E-state index in [0.717, 1.165) is 23.5 Å². The standard InChI is InChI=1S/C18H19N7O3/c26-17(27)7-4-14-10-16-11-23(8-1-9-24(16)20-14)18(28)13-2-5-15(6-3-13)25-12-19-21-22-25/h2-3,5-6,10,12H,1,4,7-9,11H2,(H,26,27). The topological polar surface area (TPSA) is 119 Å². The summed E-state index contributed by atoms with van der Waals surface area (Å²) < 4.78 is 3.41. The molecule has 4 rings (SSSR count). The van der Waals surface area contributed by atoms with Gasteiger partial charge in [0.15, 0.2) is 0 Å². The highest BCUT2D eigenvalue weighted by atomic mass is 16.4. The number of carbonyl (C=O) groups excluding carboxylic acids is 1. The minimum Gasteiger partial charge on any atom is -0.481 e. The van der Waals surface area contributed by atoms with Gasteiger partial charge in [-0.1, -0.05) is 0 Å². The van der Waals surface area contributed by atoms with Gasteiger partial charge in [0.25, 0.3) is 5.91 Å². The maximum Gasteiger partial charge on any atom is 0.303 e. The molecule has 0 unspecified atom stereocenters. The number of fused-ring (bicyclic) bond motifs is 1. The molecule has 10 heteroatoms. The third-order valence-corrected chi connectivity index (χ3v) is 4.67. The summed E-state index contributed by atoms with van der Waals surface area (Å²) in [5.41, 5.74) is 3.04. The Morgan fingerprint density at radius 3 is 2.68 bits per heavy atom. The minimum absolute atomic E-state index is 0.0484. The highest BCUT2D eigenvalue weighted by Crippen LogP contribution is 2.18. The van der Waals surface area contributed by atoms with E-state index in [-0.39, 0.29) is 12.3 Å². The second-order valence-electron chi connectivity index (χ2n) is 6.63. The molecule has 28 heavy (non-hydrogen) atoms. The quantitative estimate of drug-likeness (QED) is 0.698. The third kappa shape index (κ3) is 3.75. The summed E-state index contributed by atoms with van der Waals surface area (Å²) in [6, 6.07) is 9.03. The van der Waals surface area contributed by atoms with Crippen molar-refractivity contribution in [2.24, 2.45) is 0 Å². The number of carboxylic acids is 1. The molecular weight excluding hydrogens is 362 g/mol. The Balaban J connectivity index is 1.48. The van der Waals surface area contributed by atoms with E-state index in [2.05, 4.69) is 20.6 Å². The summed E-state index contributed by atoms with van der Waals surface area (Å²) in [6.07, 6.45) is 2.73. The Bertz CT molecular complexity index is 979. The van der Waals surface area contributed by atoms with Crippen LogP contribution in [0.25, 0.3) is 5.69 Å². The Hall–Kier alpha value is -3.56. The van der Waals surface area contributed by atoms with E-state index in [0.29, 0.717) is 31.6 Å². The lowest BCUT2D eigenvalue weighted by Gasteiger charge is -2.20. The van der Waals surface area contributed by atoms with Gasteiger partial charge in [-0.05, 0) is 47.2 Å². The van der Waals surface area contributed by atoms with Gasteiger partial charge in [0, 0.05) is 25.1 Å². The number of aryl methyl sites for hydroxylation is 2. The first-order chi connectivity index (χ1) is 13.6.